The van der Waals surface area contributed by atoms with Gasteiger partial charge < -0.3 is 0 Å². The minimum atomic E-state index is -2.34. The van der Waals surface area contributed by atoms with Gasteiger partial charge in [0, 0.05) is 0 Å². The molecule has 0 radical (unpaired) electrons. The molecular formula is C32H28SiZr. The Labute approximate surface area is 210 Å². The van der Waals surface area contributed by atoms with Crippen molar-refractivity contribution in [1.82, 2.24) is 0 Å². The van der Waals surface area contributed by atoms with Crippen LogP contribution >= 0.6 is 0 Å². The van der Waals surface area contributed by atoms with Crippen LogP contribution in [0.3, 0.4) is 0 Å². The maximum absolute atomic E-state index is 2.51. The van der Waals surface area contributed by atoms with Crippen LogP contribution in [0.4, 0.5) is 0 Å². The zero-order valence-corrected chi connectivity index (χ0v) is 23.2. The first-order chi connectivity index (χ1) is 16.7. The molecule has 0 N–H and O–H groups in total. The number of rotatable bonds is 4. The van der Waals surface area contributed by atoms with Crippen molar-refractivity contribution in [2.45, 2.75) is 23.9 Å². The Morgan fingerprint density at radius 2 is 1.21 bits per heavy atom. The van der Waals surface area contributed by atoms with Crippen molar-refractivity contribution in [3.8, 4) is 11.1 Å². The summed E-state index contributed by atoms with van der Waals surface area (Å²) in [5.41, 5.74) is 7.96. The fourth-order valence-corrected chi connectivity index (χ4v) is 27.9. The van der Waals surface area contributed by atoms with E-state index in [0.717, 1.165) is 6.42 Å². The van der Waals surface area contributed by atoms with Gasteiger partial charge in [-0.3, -0.25) is 0 Å². The van der Waals surface area contributed by atoms with Gasteiger partial charge in [0.05, 0.1) is 0 Å². The number of fused-ring (bicyclic) bond motifs is 3. The molecule has 2 heteroatoms. The van der Waals surface area contributed by atoms with Gasteiger partial charge in [0.2, 0.25) is 0 Å². The SMILES string of the molecule is Cc1ccc2c(c1)[CH]([Zr]([C]1=CC=CC1)=[Si](c1ccccc1)c1ccccc1)c1cc(C)ccc1-2. The Morgan fingerprint density at radius 1 is 0.676 bits per heavy atom. The van der Waals surface area contributed by atoms with Crippen LogP contribution in [-0.2, 0) is 20.4 Å². The van der Waals surface area contributed by atoms with Gasteiger partial charge in [0.15, 0.2) is 0 Å². The van der Waals surface area contributed by atoms with Crippen LogP contribution in [0.25, 0.3) is 11.1 Å². The van der Waals surface area contributed by atoms with Gasteiger partial charge in [0.1, 0.15) is 0 Å². The fraction of sp³-hybridized carbons (Fsp3) is 0.125. The number of allylic oxidation sites excluding steroid dienone is 4. The number of benzene rings is 4. The molecule has 4 aromatic rings. The first kappa shape index (κ1) is 22.0. The zero-order valence-electron chi connectivity index (χ0n) is 19.8. The van der Waals surface area contributed by atoms with E-state index < -0.39 is 25.8 Å². The van der Waals surface area contributed by atoms with Crippen LogP contribution in [0.1, 0.15) is 32.3 Å². The summed E-state index contributed by atoms with van der Waals surface area (Å²) < 4.78 is 2.34. The molecule has 0 saturated heterocycles. The van der Waals surface area contributed by atoms with Crippen molar-refractivity contribution in [2.24, 2.45) is 0 Å². The third-order valence-corrected chi connectivity index (χ3v) is 26.9. The molecule has 34 heavy (non-hydrogen) atoms. The number of aryl methyl sites for hydroxylation is 2. The van der Waals surface area contributed by atoms with Gasteiger partial charge in [0.25, 0.3) is 0 Å². The van der Waals surface area contributed by atoms with Crippen LogP contribution < -0.4 is 10.4 Å². The molecule has 0 atom stereocenters. The van der Waals surface area contributed by atoms with Crippen molar-refractivity contribution in [1.29, 1.82) is 0 Å². The molecule has 0 amide bonds. The van der Waals surface area contributed by atoms with Crippen LogP contribution in [-0.4, -0.2) is 5.43 Å². The standard InChI is InChI=1S/C15H13.C12H10Si.C5H5.Zr/c1-10-3-5-14-12(7-10)9-13-8-11(2)4-6-15(13)14;1-3-7-11(8-4-1)13-12-9-5-2-6-10-12;1-2-4-5-3-1;/h3-9H,1-2H3;1-10H;1-3H,4H2;. The molecule has 0 aliphatic heterocycles. The summed E-state index contributed by atoms with van der Waals surface area (Å²) in [5.74, 6) is 0. The molecule has 4 aromatic carbocycles. The van der Waals surface area contributed by atoms with E-state index in [1.165, 1.54) is 22.3 Å². The summed E-state index contributed by atoms with van der Waals surface area (Å²) in [4.78, 5) is 0. The van der Waals surface area contributed by atoms with Crippen molar-refractivity contribution >= 4 is 15.8 Å². The summed E-state index contributed by atoms with van der Waals surface area (Å²) >= 11 is -2.34. The van der Waals surface area contributed by atoms with E-state index in [0.29, 0.717) is 3.63 Å². The topological polar surface area (TPSA) is 0 Å². The predicted molar refractivity (Wildman–Crippen MR) is 143 cm³/mol. The molecule has 0 bridgehead atoms. The molecule has 0 fully saturated rings. The van der Waals surface area contributed by atoms with Gasteiger partial charge in [-0.25, -0.2) is 0 Å². The van der Waals surface area contributed by atoms with Gasteiger partial charge >= 0.3 is 212 Å². The fourth-order valence-electron chi connectivity index (χ4n) is 5.64. The Hall–Kier alpha value is -2.54. The van der Waals surface area contributed by atoms with Crippen molar-refractivity contribution in [2.75, 3.05) is 0 Å². The Balaban J connectivity index is 1.74. The Bertz CT molecular complexity index is 1380. The van der Waals surface area contributed by atoms with Gasteiger partial charge in [-0.15, -0.1) is 0 Å². The number of hydrogen-bond acceptors (Lipinski definition) is 0. The second-order valence-corrected chi connectivity index (χ2v) is 23.3. The van der Waals surface area contributed by atoms with Crippen molar-refractivity contribution < 1.29 is 20.4 Å². The van der Waals surface area contributed by atoms with E-state index in [1.807, 2.05) is 0 Å². The molecule has 0 unspecified atom stereocenters. The summed E-state index contributed by atoms with van der Waals surface area (Å²) in [7, 11) is 0. The van der Waals surface area contributed by atoms with Gasteiger partial charge in [-0.2, -0.15) is 0 Å². The third kappa shape index (κ3) is 3.88. The average molecular weight is 532 g/mol. The average Bonchev–Trinajstić information content (AvgIpc) is 3.50. The normalized spacial score (nSPS) is 14.0. The minimum absolute atomic E-state index is 0.563. The molecule has 2 aliphatic carbocycles. The Morgan fingerprint density at radius 3 is 1.68 bits per heavy atom. The van der Waals surface area contributed by atoms with Gasteiger partial charge in [-0.05, 0) is 0 Å². The van der Waals surface area contributed by atoms with Crippen LogP contribution in [0, 0.1) is 13.8 Å². The van der Waals surface area contributed by atoms with Crippen LogP contribution in [0.15, 0.2) is 119 Å². The van der Waals surface area contributed by atoms with Gasteiger partial charge in [-0.1, -0.05) is 0 Å². The predicted octanol–water partition coefficient (Wildman–Crippen LogP) is 6.64. The second-order valence-electron chi connectivity index (χ2n) is 9.46. The zero-order chi connectivity index (χ0) is 23.1. The molecule has 164 valence electrons. The second kappa shape index (κ2) is 9.25. The molecule has 0 nitrogen and oxygen atoms in total. The molecule has 0 spiro atoms. The molecular weight excluding hydrogens is 504 g/mol. The van der Waals surface area contributed by atoms with Crippen molar-refractivity contribution in [3.63, 3.8) is 0 Å². The summed E-state index contributed by atoms with van der Waals surface area (Å²) in [5, 5.41) is 3.16. The first-order valence-electron chi connectivity index (χ1n) is 12.1. The molecule has 2 aliphatic rings. The number of hydrogen-bond donors (Lipinski definition) is 0. The molecule has 6 rings (SSSR count). The van der Waals surface area contributed by atoms with E-state index >= 15 is 0 Å². The molecule has 0 saturated carbocycles. The van der Waals surface area contributed by atoms with E-state index in [1.54, 1.807) is 24.8 Å². The van der Waals surface area contributed by atoms with E-state index in [9.17, 15) is 0 Å². The monoisotopic (exact) mass is 530 g/mol. The van der Waals surface area contributed by atoms with E-state index in [4.69, 9.17) is 0 Å². The third-order valence-electron chi connectivity index (χ3n) is 7.13. The first-order valence-corrected chi connectivity index (χ1v) is 20.0. The summed E-state index contributed by atoms with van der Waals surface area (Å²) in [6, 6.07) is 37.3. The van der Waals surface area contributed by atoms with Crippen molar-refractivity contribution in [3.05, 3.63) is 141 Å². The molecule has 0 aromatic heterocycles. The quantitative estimate of drug-likeness (QED) is 0.259. The van der Waals surface area contributed by atoms with E-state index in [-0.39, 0.29) is 0 Å². The van der Waals surface area contributed by atoms with Crippen LogP contribution in [0.2, 0.25) is 0 Å². The summed E-state index contributed by atoms with van der Waals surface area (Å²) in [6.45, 7) is 4.51. The molecule has 0 heterocycles. The van der Waals surface area contributed by atoms with Crippen LogP contribution in [0.5, 0.6) is 0 Å². The maximum atomic E-state index is 2.51. The Kier molecular flexibility index (Phi) is 5.97. The van der Waals surface area contributed by atoms with E-state index in [2.05, 4.69) is 129 Å². The summed E-state index contributed by atoms with van der Waals surface area (Å²) in [6.07, 6.45) is 8.33.